The zero-order chi connectivity index (χ0) is 16.8. The Hall–Kier alpha value is -1.20. The number of ether oxygens (including phenoxy) is 1. The van der Waals surface area contributed by atoms with Crippen LogP contribution in [0.5, 0.6) is 0 Å². The zero-order valence-electron chi connectivity index (χ0n) is 14.9. The van der Waals surface area contributed by atoms with Crippen molar-refractivity contribution in [1.29, 1.82) is 0 Å². The van der Waals surface area contributed by atoms with Gasteiger partial charge in [0.15, 0.2) is 5.96 Å². The van der Waals surface area contributed by atoms with Gasteiger partial charge in [-0.1, -0.05) is 31.2 Å². The lowest BCUT2D eigenvalue weighted by molar-refractivity contribution is 0.0780. The first kappa shape index (κ1) is 17.6. The summed E-state index contributed by atoms with van der Waals surface area (Å²) in [4.78, 5) is 6.93. The van der Waals surface area contributed by atoms with Crippen molar-refractivity contribution in [3.05, 3.63) is 35.4 Å². The SMILES string of the molecule is CCSC1(CNC(=NC)N2CCc3ccccc3C2)CCOCC1. The lowest BCUT2D eigenvalue weighted by Crippen LogP contribution is -2.50. The molecule has 132 valence electrons. The van der Waals surface area contributed by atoms with Crippen molar-refractivity contribution in [2.75, 3.05) is 39.1 Å². The molecule has 1 fully saturated rings. The topological polar surface area (TPSA) is 36.9 Å². The van der Waals surface area contributed by atoms with Crippen molar-refractivity contribution in [3.63, 3.8) is 0 Å². The van der Waals surface area contributed by atoms with Crippen molar-refractivity contribution in [2.24, 2.45) is 4.99 Å². The van der Waals surface area contributed by atoms with Crippen molar-refractivity contribution in [3.8, 4) is 0 Å². The Morgan fingerprint density at radius 3 is 2.75 bits per heavy atom. The van der Waals surface area contributed by atoms with E-state index in [2.05, 4.69) is 58.2 Å². The minimum Gasteiger partial charge on any atom is -0.381 e. The molecule has 3 rings (SSSR count). The van der Waals surface area contributed by atoms with Gasteiger partial charge in [-0.2, -0.15) is 11.8 Å². The minimum absolute atomic E-state index is 0.288. The third-order valence-electron chi connectivity index (χ3n) is 5.07. The van der Waals surface area contributed by atoms with Crippen LogP contribution in [0.1, 0.15) is 30.9 Å². The number of aliphatic imine (C=N–C) groups is 1. The van der Waals surface area contributed by atoms with E-state index in [9.17, 15) is 0 Å². The molecule has 0 aromatic heterocycles. The standard InChI is InChI=1S/C19H29N3OS/c1-3-24-19(9-12-23-13-10-19)15-21-18(20-2)22-11-8-16-6-4-5-7-17(16)14-22/h4-7H,3,8-15H2,1-2H3,(H,20,21). The highest BCUT2D eigenvalue weighted by molar-refractivity contribution is 8.00. The van der Waals surface area contributed by atoms with Crippen LogP contribution in [0, 0.1) is 0 Å². The van der Waals surface area contributed by atoms with Gasteiger partial charge in [0, 0.05) is 44.6 Å². The molecule has 2 heterocycles. The van der Waals surface area contributed by atoms with E-state index >= 15 is 0 Å². The van der Waals surface area contributed by atoms with E-state index in [0.717, 1.165) is 63.8 Å². The van der Waals surface area contributed by atoms with Gasteiger partial charge >= 0.3 is 0 Å². The summed E-state index contributed by atoms with van der Waals surface area (Å²) in [5.74, 6) is 2.18. The molecule has 0 radical (unpaired) electrons. The highest BCUT2D eigenvalue weighted by atomic mass is 32.2. The number of thioether (sulfide) groups is 1. The molecule has 0 spiro atoms. The number of nitrogens with zero attached hydrogens (tertiary/aromatic N) is 2. The normalized spacial score (nSPS) is 20.6. The highest BCUT2D eigenvalue weighted by Crippen LogP contribution is 2.34. The Kier molecular flexibility index (Phi) is 6.06. The van der Waals surface area contributed by atoms with Crippen LogP contribution in [-0.2, 0) is 17.7 Å². The van der Waals surface area contributed by atoms with E-state index in [1.807, 2.05) is 7.05 Å². The van der Waals surface area contributed by atoms with E-state index < -0.39 is 0 Å². The molecular formula is C19H29N3OS. The van der Waals surface area contributed by atoms with Crippen LogP contribution in [0.15, 0.2) is 29.3 Å². The van der Waals surface area contributed by atoms with Gasteiger partial charge in [-0.25, -0.2) is 0 Å². The molecule has 1 aromatic carbocycles. The largest absolute Gasteiger partial charge is 0.381 e. The average Bonchev–Trinajstić information content (AvgIpc) is 2.63. The van der Waals surface area contributed by atoms with Crippen molar-refractivity contribution < 1.29 is 4.74 Å². The molecule has 0 saturated carbocycles. The van der Waals surface area contributed by atoms with Crippen LogP contribution < -0.4 is 5.32 Å². The van der Waals surface area contributed by atoms with E-state index in [1.165, 1.54) is 11.1 Å². The molecule has 2 aliphatic rings. The van der Waals surface area contributed by atoms with Crippen LogP contribution in [-0.4, -0.2) is 54.7 Å². The summed E-state index contributed by atoms with van der Waals surface area (Å²) in [5, 5.41) is 3.66. The molecule has 24 heavy (non-hydrogen) atoms. The smallest absolute Gasteiger partial charge is 0.194 e. The maximum absolute atomic E-state index is 5.58. The fourth-order valence-corrected chi connectivity index (χ4v) is 4.91. The third kappa shape index (κ3) is 4.06. The summed E-state index contributed by atoms with van der Waals surface area (Å²) in [6, 6.07) is 8.76. The van der Waals surface area contributed by atoms with E-state index in [1.54, 1.807) is 0 Å². The monoisotopic (exact) mass is 347 g/mol. The van der Waals surface area contributed by atoms with Crippen LogP contribution in [0.3, 0.4) is 0 Å². The molecule has 0 atom stereocenters. The fraction of sp³-hybridized carbons (Fsp3) is 0.632. The number of hydrogen-bond acceptors (Lipinski definition) is 3. The van der Waals surface area contributed by atoms with Crippen molar-refractivity contribution in [1.82, 2.24) is 10.2 Å². The van der Waals surface area contributed by atoms with E-state index in [4.69, 9.17) is 4.74 Å². The Balaban J connectivity index is 1.63. The predicted octanol–water partition coefficient (Wildman–Crippen LogP) is 2.92. The molecule has 1 aromatic rings. The maximum atomic E-state index is 5.58. The zero-order valence-corrected chi connectivity index (χ0v) is 15.7. The lowest BCUT2D eigenvalue weighted by Gasteiger charge is -2.38. The molecule has 1 N–H and O–H groups in total. The molecule has 5 heteroatoms. The quantitative estimate of drug-likeness (QED) is 0.671. The Bertz CT molecular complexity index is 564. The van der Waals surface area contributed by atoms with E-state index in [0.29, 0.717) is 0 Å². The van der Waals surface area contributed by atoms with Crippen LogP contribution in [0.2, 0.25) is 0 Å². The van der Waals surface area contributed by atoms with Crippen LogP contribution in [0.4, 0.5) is 0 Å². The first-order valence-corrected chi connectivity index (χ1v) is 9.99. The van der Waals surface area contributed by atoms with Crippen molar-refractivity contribution >= 4 is 17.7 Å². The van der Waals surface area contributed by atoms with Gasteiger partial charge in [0.1, 0.15) is 0 Å². The first-order valence-electron chi connectivity index (χ1n) is 9.00. The summed E-state index contributed by atoms with van der Waals surface area (Å²) < 4.78 is 5.87. The number of hydrogen-bond donors (Lipinski definition) is 1. The second kappa shape index (κ2) is 8.26. The van der Waals surface area contributed by atoms with Gasteiger partial charge in [0.2, 0.25) is 0 Å². The Morgan fingerprint density at radius 2 is 2.04 bits per heavy atom. The number of nitrogens with one attached hydrogen (secondary N) is 1. The lowest BCUT2D eigenvalue weighted by atomic mass is 9.98. The second-order valence-electron chi connectivity index (χ2n) is 6.57. The van der Waals surface area contributed by atoms with Gasteiger partial charge in [0.25, 0.3) is 0 Å². The molecule has 0 amide bonds. The Morgan fingerprint density at radius 1 is 1.29 bits per heavy atom. The molecule has 0 unspecified atom stereocenters. The van der Waals surface area contributed by atoms with Gasteiger partial charge in [-0.3, -0.25) is 4.99 Å². The van der Waals surface area contributed by atoms with Crippen molar-refractivity contribution in [2.45, 2.75) is 37.5 Å². The van der Waals surface area contributed by atoms with E-state index in [-0.39, 0.29) is 4.75 Å². The maximum Gasteiger partial charge on any atom is 0.194 e. The number of fused-ring (bicyclic) bond motifs is 1. The number of rotatable bonds is 4. The summed E-state index contributed by atoms with van der Waals surface area (Å²) in [7, 11) is 1.90. The van der Waals surface area contributed by atoms with Gasteiger partial charge in [-0.15, -0.1) is 0 Å². The van der Waals surface area contributed by atoms with Crippen LogP contribution >= 0.6 is 11.8 Å². The van der Waals surface area contributed by atoms with Gasteiger partial charge in [-0.05, 0) is 36.1 Å². The molecule has 2 aliphatic heterocycles. The van der Waals surface area contributed by atoms with Gasteiger partial charge in [0.05, 0.1) is 0 Å². The predicted molar refractivity (Wildman–Crippen MR) is 103 cm³/mol. The second-order valence-corrected chi connectivity index (χ2v) is 8.30. The number of guanidine groups is 1. The molecule has 1 saturated heterocycles. The summed E-state index contributed by atoms with van der Waals surface area (Å²) in [5.41, 5.74) is 2.90. The summed E-state index contributed by atoms with van der Waals surface area (Å²) in [6.45, 7) is 6.97. The average molecular weight is 348 g/mol. The number of benzene rings is 1. The Labute approximate surface area is 150 Å². The van der Waals surface area contributed by atoms with Gasteiger partial charge < -0.3 is 15.0 Å². The summed E-state index contributed by atoms with van der Waals surface area (Å²) >= 11 is 2.07. The fourth-order valence-electron chi connectivity index (χ4n) is 3.67. The molecule has 4 nitrogen and oxygen atoms in total. The minimum atomic E-state index is 0.288. The molecule has 0 aliphatic carbocycles. The van der Waals surface area contributed by atoms with Crippen LogP contribution in [0.25, 0.3) is 0 Å². The molecule has 0 bridgehead atoms. The first-order chi connectivity index (χ1) is 11.8. The third-order valence-corrected chi connectivity index (χ3v) is 6.52. The highest BCUT2D eigenvalue weighted by Gasteiger charge is 2.33. The summed E-state index contributed by atoms with van der Waals surface area (Å²) in [6.07, 6.45) is 3.34. The molecular weight excluding hydrogens is 318 g/mol.